The summed E-state index contributed by atoms with van der Waals surface area (Å²) < 4.78 is 52.3. The van der Waals surface area contributed by atoms with E-state index in [9.17, 15) is 22.4 Å². The van der Waals surface area contributed by atoms with Crippen LogP contribution in [0.1, 0.15) is 11.3 Å². The molecule has 0 atom stereocenters. The number of carbonyl (C=O) groups is 1. The summed E-state index contributed by atoms with van der Waals surface area (Å²) in [6.45, 7) is -1.31. The van der Waals surface area contributed by atoms with Gasteiger partial charge in [0.1, 0.15) is 18.2 Å². The van der Waals surface area contributed by atoms with E-state index in [0.29, 0.717) is 6.07 Å². The van der Waals surface area contributed by atoms with Gasteiger partial charge in [0.2, 0.25) is 0 Å². The van der Waals surface area contributed by atoms with Gasteiger partial charge in [0.25, 0.3) is 0 Å². The van der Waals surface area contributed by atoms with Gasteiger partial charge in [-0.3, -0.25) is 4.79 Å². The molecule has 1 aromatic heterocycles. The molecule has 100 valence electrons. The molecule has 0 aromatic carbocycles. The SMILES string of the molecule is Nc1nc(CC(=O)O)cc(OC(F)(F)F)c1CF. The Morgan fingerprint density at radius 2 is 2.11 bits per heavy atom. The number of carboxylic acid groups (broad SMARTS) is 1. The van der Waals surface area contributed by atoms with Crippen LogP contribution in [0.15, 0.2) is 6.07 Å². The summed E-state index contributed by atoms with van der Waals surface area (Å²) in [5.41, 5.74) is 4.41. The summed E-state index contributed by atoms with van der Waals surface area (Å²) in [7, 11) is 0. The zero-order valence-electron chi connectivity index (χ0n) is 8.79. The van der Waals surface area contributed by atoms with Gasteiger partial charge in [-0.25, -0.2) is 9.37 Å². The van der Waals surface area contributed by atoms with Crippen molar-refractivity contribution in [2.24, 2.45) is 0 Å². The van der Waals surface area contributed by atoms with E-state index in [1.54, 1.807) is 0 Å². The lowest BCUT2D eigenvalue weighted by Gasteiger charge is -2.14. The lowest BCUT2D eigenvalue weighted by Crippen LogP contribution is -2.19. The predicted molar refractivity (Wildman–Crippen MR) is 51.5 cm³/mol. The van der Waals surface area contributed by atoms with Crippen molar-refractivity contribution in [2.75, 3.05) is 5.73 Å². The fourth-order valence-electron chi connectivity index (χ4n) is 1.21. The van der Waals surface area contributed by atoms with E-state index < -0.39 is 42.6 Å². The second-order valence-electron chi connectivity index (χ2n) is 3.23. The van der Waals surface area contributed by atoms with E-state index in [2.05, 4.69) is 9.72 Å². The van der Waals surface area contributed by atoms with Crippen molar-refractivity contribution in [1.29, 1.82) is 0 Å². The first kappa shape index (κ1) is 14.0. The molecule has 0 saturated carbocycles. The van der Waals surface area contributed by atoms with Gasteiger partial charge in [0, 0.05) is 6.07 Å². The molecular weight excluding hydrogens is 260 g/mol. The number of nitrogen functional groups attached to an aromatic ring is 1. The van der Waals surface area contributed by atoms with Gasteiger partial charge in [-0.2, -0.15) is 0 Å². The molecule has 1 rings (SSSR count). The first-order chi connectivity index (χ1) is 8.23. The van der Waals surface area contributed by atoms with Gasteiger partial charge in [-0.1, -0.05) is 0 Å². The van der Waals surface area contributed by atoms with Crippen LogP contribution in [0.25, 0.3) is 0 Å². The lowest BCUT2D eigenvalue weighted by molar-refractivity contribution is -0.275. The zero-order chi connectivity index (χ0) is 13.9. The Labute approximate surface area is 98.2 Å². The Morgan fingerprint density at radius 1 is 1.50 bits per heavy atom. The normalized spacial score (nSPS) is 11.3. The summed E-state index contributed by atoms with van der Waals surface area (Å²) in [6.07, 6.45) is -5.68. The number of pyridine rings is 1. The third kappa shape index (κ3) is 3.75. The monoisotopic (exact) mass is 268 g/mol. The summed E-state index contributed by atoms with van der Waals surface area (Å²) in [6, 6.07) is 0.701. The second kappa shape index (κ2) is 5.07. The van der Waals surface area contributed by atoms with Crippen molar-refractivity contribution in [2.45, 2.75) is 19.5 Å². The molecule has 0 saturated heterocycles. The first-order valence-corrected chi connectivity index (χ1v) is 4.54. The summed E-state index contributed by atoms with van der Waals surface area (Å²) >= 11 is 0. The van der Waals surface area contributed by atoms with Gasteiger partial charge >= 0.3 is 12.3 Å². The largest absolute Gasteiger partial charge is 0.573 e. The van der Waals surface area contributed by atoms with Crippen LogP contribution >= 0.6 is 0 Å². The van der Waals surface area contributed by atoms with Crippen molar-refractivity contribution in [3.8, 4) is 5.75 Å². The molecule has 0 aliphatic heterocycles. The maximum absolute atomic E-state index is 12.5. The molecule has 9 heteroatoms. The number of hydrogen-bond acceptors (Lipinski definition) is 4. The number of aliphatic carboxylic acids is 1. The van der Waals surface area contributed by atoms with E-state index in [0.717, 1.165) is 0 Å². The number of aromatic nitrogens is 1. The number of halogens is 4. The molecule has 0 bridgehead atoms. The Kier molecular flexibility index (Phi) is 3.94. The molecule has 0 unspecified atom stereocenters. The molecule has 3 N–H and O–H groups in total. The highest BCUT2D eigenvalue weighted by Crippen LogP contribution is 2.30. The van der Waals surface area contributed by atoms with Crippen LogP contribution in [0.2, 0.25) is 0 Å². The minimum absolute atomic E-state index is 0.253. The van der Waals surface area contributed by atoms with Crippen molar-refractivity contribution in [3.63, 3.8) is 0 Å². The summed E-state index contributed by atoms with van der Waals surface area (Å²) in [4.78, 5) is 13.9. The number of carboxylic acids is 1. The second-order valence-corrected chi connectivity index (χ2v) is 3.23. The average Bonchev–Trinajstić information content (AvgIpc) is 2.13. The number of rotatable bonds is 4. The maximum atomic E-state index is 12.5. The molecular formula is C9H8F4N2O3. The average molecular weight is 268 g/mol. The quantitative estimate of drug-likeness (QED) is 0.811. The zero-order valence-corrected chi connectivity index (χ0v) is 8.79. The number of hydrogen-bond donors (Lipinski definition) is 2. The molecule has 1 heterocycles. The first-order valence-electron chi connectivity index (χ1n) is 4.54. The van der Waals surface area contributed by atoms with Crippen molar-refractivity contribution < 1.29 is 32.2 Å². The molecule has 0 aliphatic rings. The van der Waals surface area contributed by atoms with Crippen LogP contribution in [-0.2, 0) is 17.9 Å². The van der Waals surface area contributed by atoms with Crippen LogP contribution < -0.4 is 10.5 Å². The fraction of sp³-hybridized carbons (Fsp3) is 0.333. The third-order valence-corrected chi connectivity index (χ3v) is 1.86. The Balaban J connectivity index is 3.19. The van der Waals surface area contributed by atoms with E-state index in [4.69, 9.17) is 10.8 Å². The van der Waals surface area contributed by atoms with Crippen molar-refractivity contribution >= 4 is 11.8 Å². The molecule has 0 spiro atoms. The topological polar surface area (TPSA) is 85.4 Å². The number of ether oxygens (including phenoxy) is 1. The van der Waals surface area contributed by atoms with Gasteiger partial charge in [0.15, 0.2) is 0 Å². The molecule has 0 amide bonds. The van der Waals surface area contributed by atoms with Crippen molar-refractivity contribution in [1.82, 2.24) is 4.98 Å². The van der Waals surface area contributed by atoms with Crippen LogP contribution in [0.4, 0.5) is 23.4 Å². The fourth-order valence-corrected chi connectivity index (χ4v) is 1.21. The number of nitrogens with zero attached hydrogens (tertiary/aromatic N) is 1. The number of nitrogens with two attached hydrogens (primary N) is 1. The summed E-state index contributed by atoms with van der Waals surface area (Å²) in [5, 5.41) is 8.49. The highest BCUT2D eigenvalue weighted by Gasteiger charge is 2.33. The van der Waals surface area contributed by atoms with Crippen molar-refractivity contribution in [3.05, 3.63) is 17.3 Å². The molecule has 0 fully saturated rings. The van der Waals surface area contributed by atoms with E-state index in [1.165, 1.54) is 0 Å². The predicted octanol–water partition coefficient (Wildman–Crippen LogP) is 1.66. The smallest absolute Gasteiger partial charge is 0.481 e. The Bertz CT molecular complexity index is 462. The van der Waals surface area contributed by atoms with Gasteiger partial charge in [-0.05, 0) is 0 Å². The van der Waals surface area contributed by atoms with Gasteiger partial charge < -0.3 is 15.6 Å². The minimum Gasteiger partial charge on any atom is -0.481 e. The van der Waals surface area contributed by atoms with E-state index >= 15 is 0 Å². The van der Waals surface area contributed by atoms with Crippen LogP contribution in [0.5, 0.6) is 5.75 Å². The molecule has 18 heavy (non-hydrogen) atoms. The Hall–Kier alpha value is -2.06. The highest BCUT2D eigenvalue weighted by molar-refractivity contribution is 5.70. The molecule has 5 nitrogen and oxygen atoms in total. The van der Waals surface area contributed by atoms with E-state index in [1.807, 2.05) is 0 Å². The summed E-state index contributed by atoms with van der Waals surface area (Å²) in [5.74, 6) is -2.72. The Morgan fingerprint density at radius 3 is 2.56 bits per heavy atom. The van der Waals surface area contributed by atoms with Crippen LogP contribution in [-0.4, -0.2) is 22.4 Å². The van der Waals surface area contributed by atoms with Crippen LogP contribution in [0, 0.1) is 0 Å². The van der Waals surface area contributed by atoms with E-state index in [-0.39, 0.29) is 5.69 Å². The maximum Gasteiger partial charge on any atom is 0.573 e. The number of anilines is 1. The molecule has 1 aromatic rings. The standard InChI is InChI=1S/C9H8F4N2O3/c10-3-5-6(18-9(11,12)13)1-4(2-7(16)17)15-8(5)14/h1H,2-3H2,(H2,14,15)(H,16,17). The third-order valence-electron chi connectivity index (χ3n) is 1.86. The molecule has 0 radical (unpaired) electrons. The van der Waals surface area contributed by atoms with Gasteiger partial charge in [0.05, 0.1) is 17.7 Å². The highest BCUT2D eigenvalue weighted by atomic mass is 19.4. The minimum atomic E-state index is -5.03. The van der Waals surface area contributed by atoms with Gasteiger partial charge in [-0.15, -0.1) is 13.2 Å². The van der Waals surface area contributed by atoms with Crippen LogP contribution in [0.3, 0.4) is 0 Å². The lowest BCUT2D eigenvalue weighted by atomic mass is 10.2. The molecule has 0 aliphatic carbocycles. The number of alkyl halides is 4.